The van der Waals surface area contributed by atoms with Gasteiger partial charge in [-0.2, -0.15) is 0 Å². The molecule has 0 bridgehead atoms. The number of benzene rings is 3. The first-order valence-corrected chi connectivity index (χ1v) is 15.8. The highest BCUT2D eigenvalue weighted by atomic mass is 32.2. The Bertz CT molecular complexity index is 1550. The first kappa shape index (κ1) is 29.5. The number of ether oxygens (including phenoxy) is 1. The number of carbonyl (C=O) groups is 1. The van der Waals surface area contributed by atoms with Crippen LogP contribution in [-0.2, 0) is 33.4 Å². The van der Waals surface area contributed by atoms with Gasteiger partial charge in [0.25, 0.3) is 0 Å². The van der Waals surface area contributed by atoms with Crippen LogP contribution in [0.15, 0.2) is 96.3 Å². The van der Waals surface area contributed by atoms with Crippen molar-refractivity contribution in [2.45, 2.75) is 30.9 Å². The first-order valence-electron chi connectivity index (χ1n) is 14.1. The van der Waals surface area contributed by atoms with E-state index < -0.39 is 9.84 Å². The molecule has 0 spiro atoms. The zero-order chi connectivity index (χ0) is 29.4. The predicted octanol–water partition coefficient (Wildman–Crippen LogP) is 4.58. The third-order valence-electron chi connectivity index (χ3n) is 7.30. The fourth-order valence-corrected chi connectivity index (χ4v) is 6.43. The van der Waals surface area contributed by atoms with Gasteiger partial charge in [-0.25, -0.2) is 18.2 Å². The monoisotopic (exact) mass is 587 g/mol. The topological polar surface area (TPSA) is 96.8 Å². The number of imidazole rings is 1. The van der Waals surface area contributed by atoms with Crippen molar-refractivity contribution in [3.8, 4) is 0 Å². The molecule has 5 rings (SSSR count). The van der Waals surface area contributed by atoms with Crippen molar-refractivity contribution in [1.82, 2.24) is 19.4 Å². The van der Waals surface area contributed by atoms with Gasteiger partial charge in [-0.3, -0.25) is 4.90 Å². The number of nitrogens with zero attached hydrogens (tertiary/aromatic N) is 4. The second kappa shape index (κ2) is 13.8. The molecule has 0 saturated carbocycles. The summed E-state index contributed by atoms with van der Waals surface area (Å²) in [7, 11) is -3.77. The lowest BCUT2D eigenvalue weighted by molar-refractivity contribution is 0.0348. The number of morpholine rings is 1. The highest BCUT2D eigenvalue weighted by molar-refractivity contribution is 7.90. The summed E-state index contributed by atoms with van der Waals surface area (Å²) in [6, 6.07) is 26.2. The molecule has 1 N–H and O–H groups in total. The van der Waals surface area contributed by atoms with Crippen LogP contribution in [0.3, 0.4) is 0 Å². The molecule has 2 heterocycles. The Hall–Kier alpha value is -3.99. The average Bonchev–Trinajstić information content (AvgIpc) is 3.40. The van der Waals surface area contributed by atoms with Gasteiger partial charge in [-0.05, 0) is 30.2 Å². The van der Waals surface area contributed by atoms with E-state index in [0.29, 0.717) is 49.8 Å². The first-order chi connectivity index (χ1) is 20.4. The predicted molar refractivity (Wildman–Crippen MR) is 163 cm³/mol. The summed E-state index contributed by atoms with van der Waals surface area (Å²) in [6.07, 6.45) is 1.59. The number of amides is 2. The quantitative estimate of drug-likeness (QED) is 0.276. The molecule has 1 aliphatic rings. The van der Waals surface area contributed by atoms with Crippen molar-refractivity contribution in [2.75, 3.05) is 44.7 Å². The van der Waals surface area contributed by atoms with Crippen LogP contribution in [0.5, 0.6) is 0 Å². The second-order valence-electron chi connectivity index (χ2n) is 10.5. The van der Waals surface area contributed by atoms with Gasteiger partial charge in [0.2, 0.25) is 15.0 Å². The van der Waals surface area contributed by atoms with E-state index >= 15 is 0 Å². The number of urea groups is 1. The number of hydrogen-bond acceptors (Lipinski definition) is 6. The largest absolute Gasteiger partial charge is 0.379 e. The molecule has 1 aromatic heterocycles. The van der Waals surface area contributed by atoms with Crippen molar-refractivity contribution in [1.29, 1.82) is 0 Å². The lowest BCUT2D eigenvalue weighted by Crippen LogP contribution is -2.44. The van der Waals surface area contributed by atoms with Gasteiger partial charge < -0.3 is 19.5 Å². The number of aromatic nitrogens is 2. The van der Waals surface area contributed by atoms with Gasteiger partial charge in [0, 0.05) is 31.9 Å². The van der Waals surface area contributed by atoms with E-state index in [-0.39, 0.29) is 23.5 Å². The minimum atomic E-state index is -3.77. The summed E-state index contributed by atoms with van der Waals surface area (Å²) >= 11 is 0. The molecule has 42 heavy (non-hydrogen) atoms. The maximum Gasteiger partial charge on any atom is 0.322 e. The highest BCUT2D eigenvalue weighted by Gasteiger charge is 2.26. The number of aryl methyl sites for hydroxylation is 1. The minimum Gasteiger partial charge on any atom is -0.379 e. The molecule has 3 aromatic carbocycles. The minimum absolute atomic E-state index is 0.00252. The molecular formula is C32H37N5O4S. The van der Waals surface area contributed by atoms with Crippen LogP contribution >= 0.6 is 0 Å². The maximum atomic E-state index is 13.7. The van der Waals surface area contributed by atoms with Crippen LogP contribution in [-0.4, -0.2) is 73.2 Å². The van der Waals surface area contributed by atoms with Gasteiger partial charge >= 0.3 is 6.03 Å². The van der Waals surface area contributed by atoms with Crippen LogP contribution in [0.25, 0.3) is 0 Å². The number of anilines is 1. The maximum absolute atomic E-state index is 13.7. The Morgan fingerprint density at radius 3 is 2.24 bits per heavy atom. The van der Waals surface area contributed by atoms with Crippen molar-refractivity contribution in [3.63, 3.8) is 0 Å². The Morgan fingerprint density at radius 1 is 0.929 bits per heavy atom. The van der Waals surface area contributed by atoms with E-state index in [9.17, 15) is 13.2 Å². The van der Waals surface area contributed by atoms with Gasteiger partial charge in [0.15, 0.2) is 0 Å². The smallest absolute Gasteiger partial charge is 0.322 e. The van der Waals surface area contributed by atoms with E-state index in [1.807, 2.05) is 79.7 Å². The molecule has 10 heteroatoms. The molecule has 1 aliphatic heterocycles. The van der Waals surface area contributed by atoms with Crippen LogP contribution < -0.4 is 5.32 Å². The standard InChI is InChI=1S/C32H37N5O4S/c1-26-12-14-29(15-13-26)34-31(38)36(17-16-35-18-20-41-21-19-35)24-30-22-33-32(37(30)23-27-8-4-2-5-9-27)42(39,40)25-28-10-6-3-7-11-28/h2-15,22H,16-21,23-25H2,1H3,(H,34,38). The Kier molecular flexibility index (Phi) is 9.68. The Labute approximate surface area is 247 Å². The normalized spacial score (nSPS) is 14.0. The van der Waals surface area contributed by atoms with Crippen molar-refractivity contribution >= 4 is 21.6 Å². The Morgan fingerprint density at radius 2 is 1.57 bits per heavy atom. The molecule has 1 fully saturated rings. The zero-order valence-electron chi connectivity index (χ0n) is 23.9. The molecule has 4 aromatic rings. The van der Waals surface area contributed by atoms with Gasteiger partial charge in [0.1, 0.15) is 0 Å². The fourth-order valence-electron chi connectivity index (χ4n) is 4.93. The highest BCUT2D eigenvalue weighted by Crippen LogP contribution is 2.21. The van der Waals surface area contributed by atoms with Crippen LogP contribution in [0.2, 0.25) is 0 Å². The average molecular weight is 588 g/mol. The van der Waals surface area contributed by atoms with Crippen molar-refractivity contribution in [3.05, 3.63) is 114 Å². The van der Waals surface area contributed by atoms with Gasteiger partial charge in [-0.15, -0.1) is 0 Å². The van der Waals surface area contributed by atoms with E-state index in [4.69, 9.17) is 4.74 Å². The SMILES string of the molecule is Cc1ccc(NC(=O)N(CCN2CCOCC2)Cc2cnc(S(=O)(=O)Cc3ccccc3)n2Cc2ccccc2)cc1. The number of hydrogen-bond donors (Lipinski definition) is 1. The molecule has 1 saturated heterocycles. The number of sulfone groups is 1. The summed E-state index contributed by atoms with van der Waals surface area (Å²) in [5, 5.41) is 3.01. The third-order valence-corrected chi connectivity index (χ3v) is 8.89. The van der Waals surface area contributed by atoms with Crippen molar-refractivity contribution in [2.24, 2.45) is 0 Å². The molecule has 0 radical (unpaired) electrons. The van der Waals surface area contributed by atoms with E-state index in [0.717, 1.165) is 24.2 Å². The van der Waals surface area contributed by atoms with Crippen LogP contribution in [0, 0.1) is 6.92 Å². The zero-order valence-corrected chi connectivity index (χ0v) is 24.7. The number of carbonyl (C=O) groups excluding carboxylic acids is 1. The van der Waals surface area contributed by atoms with Gasteiger partial charge in [-0.1, -0.05) is 78.4 Å². The molecular weight excluding hydrogens is 550 g/mol. The lowest BCUT2D eigenvalue weighted by Gasteiger charge is -2.30. The summed E-state index contributed by atoms with van der Waals surface area (Å²) < 4.78 is 34.5. The van der Waals surface area contributed by atoms with E-state index in [1.165, 1.54) is 0 Å². The molecule has 2 amide bonds. The summed E-state index contributed by atoms with van der Waals surface area (Å²) in [6.45, 7) is 6.60. The molecule has 0 atom stereocenters. The fraction of sp³-hybridized carbons (Fsp3) is 0.312. The molecule has 0 unspecified atom stereocenters. The van der Waals surface area contributed by atoms with Gasteiger partial charge in [0.05, 0.1) is 43.9 Å². The summed E-state index contributed by atoms with van der Waals surface area (Å²) in [5.74, 6) is -0.159. The summed E-state index contributed by atoms with van der Waals surface area (Å²) in [5.41, 5.74) is 4.08. The number of rotatable bonds is 11. The van der Waals surface area contributed by atoms with E-state index in [1.54, 1.807) is 27.8 Å². The lowest BCUT2D eigenvalue weighted by atomic mass is 10.2. The summed E-state index contributed by atoms with van der Waals surface area (Å²) in [4.78, 5) is 22.0. The Balaban J connectivity index is 1.44. The second-order valence-corrected chi connectivity index (χ2v) is 12.4. The van der Waals surface area contributed by atoms with Crippen LogP contribution in [0.1, 0.15) is 22.4 Å². The molecule has 0 aliphatic carbocycles. The third kappa shape index (κ3) is 7.84. The number of nitrogens with one attached hydrogen (secondary N) is 1. The van der Waals surface area contributed by atoms with Crippen LogP contribution in [0.4, 0.5) is 10.5 Å². The van der Waals surface area contributed by atoms with Crippen molar-refractivity contribution < 1.29 is 17.9 Å². The van der Waals surface area contributed by atoms with E-state index in [2.05, 4.69) is 15.2 Å². The molecule has 220 valence electrons. The molecule has 9 nitrogen and oxygen atoms in total.